The predicted molar refractivity (Wildman–Crippen MR) is 192 cm³/mol. The van der Waals surface area contributed by atoms with Gasteiger partial charge in [0.25, 0.3) is 0 Å². The van der Waals surface area contributed by atoms with Gasteiger partial charge < -0.3 is 8.98 Å². The summed E-state index contributed by atoms with van der Waals surface area (Å²) in [6, 6.07) is 54.5. The molecule has 10 aromatic rings. The molecule has 3 heteroatoms. The molecule has 0 aliphatic carbocycles. The molecule has 210 valence electrons. The van der Waals surface area contributed by atoms with Crippen molar-refractivity contribution in [1.82, 2.24) is 4.57 Å². The molecule has 0 saturated heterocycles. The van der Waals surface area contributed by atoms with E-state index in [1.807, 2.05) is 11.3 Å². The fraction of sp³-hybridized carbons (Fsp3) is 0. The lowest BCUT2D eigenvalue weighted by atomic mass is 9.96. The van der Waals surface area contributed by atoms with Gasteiger partial charge in [0, 0.05) is 42.2 Å². The topological polar surface area (TPSA) is 18.1 Å². The number of thiophene rings is 1. The van der Waals surface area contributed by atoms with E-state index >= 15 is 0 Å². The molecule has 0 aliphatic heterocycles. The maximum atomic E-state index is 6.78. The Hall–Kier alpha value is -5.64. The Bertz CT molecular complexity index is 2740. The molecule has 2 nitrogen and oxygen atoms in total. The monoisotopic (exact) mass is 591 g/mol. The lowest BCUT2D eigenvalue weighted by Gasteiger charge is -2.09. The van der Waals surface area contributed by atoms with E-state index in [1.165, 1.54) is 42.1 Å². The second kappa shape index (κ2) is 9.43. The zero-order valence-corrected chi connectivity index (χ0v) is 25.0. The highest BCUT2D eigenvalue weighted by Gasteiger charge is 2.21. The van der Waals surface area contributed by atoms with Crippen LogP contribution in [-0.4, -0.2) is 4.57 Å². The van der Waals surface area contributed by atoms with E-state index in [-0.39, 0.29) is 0 Å². The normalized spacial score (nSPS) is 12.0. The minimum atomic E-state index is 0.920. The number of rotatable bonds is 3. The molecule has 0 atom stereocenters. The van der Waals surface area contributed by atoms with Gasteiger partial charge in [-0.2, -0.15) is 0 Å². The second-order valence-electron chi connectivity index (χ2n) is 11.7. The molecule has 0 fully saturated rings. The minimum Gasteiger partial charge on any atom is -0.453 e. The van der Waals surface area contributed by atoms with Crippen LogP contribution in [0.4, 0.5) is 0 Å². The van der Waals surface area contributed by atoms with Crippen molar-refractivity contribution in [2.45, 2.75) is 0 Å². The van der Waals surface area contributed by atoms with Crippen molar-refractivity contribution in [3.05, 3.63) is 152 Å². The molecule has 3 aromatic heterocycles. The van der Waals surface area contributed by atoms with Gasteiger partial charge in [-0.15, -0.1) is 11.3 Å². The highest BCUT2D eigenvalue weighted by molar-refractivity contribution is 7.26. The molecule has 0 unspecified atom stereocenters. The van der Waals surface area contributed by atoms with Gasteiger partial charge in [0.2, 0.25) is 0 Å². The predicted octanol–water partition coefficient (Wildman–Crippen LogP) is 12.4. The highest BCUT2D eigenvalue weighted by atomic mass is 32.1. The fourth-order valence-electron chi connectivity index (χ4n) is 7.19. The van der Waals surface area contributed by atoms with Crippen LogP contribution < -0.4 is 0 Å². The number of aromatic nitrogens is 1. The first kappa shape index (κ1) is 24.8. The first-order chi connectivity index (χ1) is 22.3. The Morgan fingerprint density at radius 1 is 0.467 bits per heavy atom. The van der Waals surface area contributed by atoms with E-state index in [1.54, 1.807) is 0 Å². The Morgan fingerprint density at radius 2 is 1.16 bits per heavy atom. The summed E-state index contributed by atoms with van der Waals surface area (Å²) >= 11 is 1.89. The first-order valence-electron chi connectivity index (χ1n) is 15.3. The molecule has 0 N–H and O–H groups in total. The first-order valence-corrected chi connectivity index (χ1v) is 16.1. The lowest BCUT2D eigenvalue weighted by Crippen LogP contribution is -1.92. The molecule has 0 spiro atoms. The van der Waals surface area contributed by atoms with Gasteiger partial charge in [0.05, 0.1) is 5.52 Å². The molecular formula is C42H25NOS. The molecular weight excluding hydrogens is 567 g/mol. The van der Waals surface area contributed by atoms with E-state index in [0.717, 1.165) is 49.8 Å². The van der Waals surface area contributed by atoms with Crippen LogP contribution in [0.15, 0.2) is 156 Å². The molecule has 0 bridgehead atoms. The van der Waals surface area contributed by atoms with Crippen molar-refractivity contribution < 1.29 is 4.42 Å². The summed E-state index contributed by atoms with van der Waals surface area (Å²) in [5, 5.41) is 7.51. The third kappa shape index (κ3) is 3.56. The third-order valence-electron chi connectivity index (χ3n) is 9.21. The van der Waals surface area contributed by atoms with Gasteiger partial charge in [0.1, 0.15) is 11.1 Å². The average molecular weight is 592 g/mol. The Kier molecular flexibility index (Phi) is 5.19. The van der Waals surface area contributed by atoms with Gasteiger partial charge in [-0.1, -0.05) is 115 Å². The summed E-state index contributed by atoms with van der Waals surface area (Å²) < 4.78 is 11.8. The zero-order valence-electron chi connectivity index (χ0n) is 24.2. The van der Waals surface area contributed by atoms with Gasteiger partial charge in [0.15, 0.2) is 5.58 Å². The van der Waals surface area contributed by atoms with Crippen LogP contribution >= 0.6 is 11.3 Å². The maximum Gasteiger partial charge on any atom is 0.161 e. The Morgan fingerprint density at radius 3 is 2.02 bits per heavy atom. The number of para-hydroxylation sites is 3. The fourth-order valence-corrected chi connectivity index (χ4v) is 8.45. The zero-order chi connectivity index (χ0) is 29.5. The smallest absolute Gasteiger partial charge is 0.161 e. The number of fused-ring (bicyclic) bond motifs is 10. The van der Waals surface area contributed by atoms with Crippen molar-refractivity contribution in [2.24, 2.45) is 0 Å². The molecule has 0 radical (unpaired) electrons. The largest absolute Gasteiger partial charge is 0.453 e. The van der Waals surface area contributed by atoms with Gasteiger partial charge in [-0.25, -0.2) is 0 Å². The molecule has 0 saturated carbocycles. The maximum absolute atomic E-state index is 6.78. The van der Waals surface area contributed by atoms with Crippen molar-refractivity contribution in [3.63, 3.8) is 0 Å². The van der Waals surface area contributed by atoms with Gasteiger partial charge in [-0.05, 0) is 63.9 Å². The van der Waals surface area contributed by atoms with Crippen molar-refractivity contribution in [3.8, 4) is 27.9 Å². The Labute approximate surface area is 263 Å². The van der Waals surface area contributed by atoms with E-state index in [2.05, 4.69) is 156 Å². The van der Waals surface area contributed by atoms with Crippen LogP contribution in [0.1, 0.15) is 0 Å². The quantitative estimate of drug-likeness (QED) is 0.200. The van der Waals surface area contributed by atoms with Crippen molar-refractivity contribution in [2.75, 3.05) is 0 Å². The van der Waals surface area contributed by atoms with E-state index in [0.29, 0.717) is 0 Å². The summed E-state index contributed by atoms with van der Waals surface area (Å²) in [6.45, 7) is 0. The summed E-state index contributed by atoms with van der Waals surface area (Å²) in [5.74, 6) is 0. The summed E-state index contributed by atoms with van der Waals surface area (Å²) in [6.07, 6.45) is 0. The molecule has 7 aromatic carbocycles. The Balaban J connectivity index is 1.14. The van der Waals surface area contributed by atoms with E-state index < -0.39 is 0 Å². The van der Waals surface area contributed by atoms with E-state index in [4.69, 9.17) is 4.42 Å². The number of hydrogen-bond donors (Lipinski definition) is 0. The third-order valence-corrected chi connectivity index (χ3v) is 10.4. The molecule has 3 heterocycles. The number of furan rings is 1. The van der Waals surface area contributed by atoms with Crippen LogP contribution in [0, 0.1) is 0 Å². The summed E-state index contributed by atoms with van der Waals surface area (Å²) in [5.41, 5.74) is 9.97. The van der Waals surface area contributed by atoms with Crippen molar-refractivity contribution >= 4 is 75.3 Å². The summed E-state index contributed by atoms with van der Waals surface area (Å²) in [4.78, 5) is 0. The second-order valence-corrected chi connectivity index (χ2v) is 12.7. The van der Waals surface area contributed by atoms with Crippen LogP contribution in [0.2, 0.25) is 0 Å². The molecule has 45 heavy (non-hydrogen) atoms. The molecule has 0 amide bonds. The average Bonchev–Trinajstić information content (AvgIpc) is 3.78. The van der Waals surface area contributed by atoms with Crippen molar-refractivity contribution in [1.29, 1.82) is 0 Å². The number of nitrogens with zero attached hydrogens (tertiary/aromatic N) is 1. The highest BCUT2D eigenvalue weighted by Crippen LogP contribution is 2.44. The van der Waals surface area contributed by atoms with Gasteiger partial charge >= 0.3 is 0 Å². The standard InChI is InChI=1S/C42H25NOS/c1-2-11-29(12-3-1)43-36-18-7-6-14-33(36)41-39(43)35-17-8-16-31(40(35)44-41)28-22-20-27(21-23-28)30-15-9-19-37-38(30)34-25-24-26-10-4-5-13-32(26)42(34)45-37/h1-25H. The molecule has 0 aliphatic rings. The summed E-state index contributed by atoms with van der Waals surface area (Å²) in [7, 11) is 0. The molecule has 10 rings (SSSR count). The van der Waals surface area contributed by atoms with Gasteiger partial charge in [-0.3, -0.25) is 0 Å². The van der Waals surface area contributed by atoms with E-state index in [9.17, 15) is 0 Å². The van der Waals surface area contributed by atoms with Crippen LogP contribution in [0.3, 0.4) is 0 Å². The lowest BCUT2D eigenvalue weighted by molar-refractivity contribution is 0.674. The van der Waals surface area contributed by atoms with Crippen LogP contribution in [-0.2, 0) is 0 Å². The number of hydrogen-bond acceptors (Lipinski definition) is 2. The van der Waals surface area contributed by atoms with Crippen LogP contribution in [0.25, 0.3) is 91.9 Å². The minimum absolute atomic E-state index is 0.920. The number of benzene rings is 7. The van der Waals surface area contributed by atoms with Crippen LogP contribution in [0.5, 0.6) is 0 Å². The SMILES string of the molecule is c1ccc(-n2c3ccccc3c3oc4c(-c5ccc(-c6cccc7sc8c9ccccc9ccc8c67)cc5)cccc4c32)cc1.